The molecule has 0 radical (unpaired) electrons. The summed E-state index contributed by atoms with van der Waals surface area (Å²) in [6, 6.07) is -0.346. The van der Waals surface area contributed by atoms with Gasteiger partial charge in [0.15, 0.2) is 0 Å². The summed E-state index contributed by atoms with van der Waals surface area (Å²) in [5, 5.41) is 16.8. The van der Waals surface area contributed by atoms with Gasteiger partial charge in [0.25, 0.3) is 0 Å². The molecule has 0 aliphatic heterocycles. The molecular weight excluding hydrogens is 282 g/mol. The number of carboxylic acid groups (broad SMARTS) is 1. The Morgan fingerprint density at radius 3 is 2.70 bits per heavy atom. The molecule has 0 aromatic carbocycles. The molecule has 7 nitrogen and oxygen atoms in total. The van der Waals surface area contributed by atoms with E-state index in [-0.39, 0.29) is 24.9 Å². The van der Waals surface area contributed by atoms with Crippen LogP contribution in [0.2, 0.25) is 0 Å². The van der Waals surface area contributed by atoms with Crippen LogP contribution < -0.4 is 10.6 Å². The minimum Gasteiger partial charge on any atom is -0.481 e. The van der Waals surface area contributed by atoms with E-state index in [2.05, 4.69) is 15.6 Å². The van der Waals surface area contributed by atoms with Crippen molar-refractivity contribution < 1.29 is 19.4 Å². The molecular formula is C12H19N3O4S. The van der Waals surface area contributed by atoms with Crippen LogP contribution in [0.4, 0.5) is 4.79 Å². The quantitative estimate of drug-likeness (QED) is 0.666. The van der Waals surface area contributed by atoms with Crippen molar-refractivity contribution >= 4 is 23.3 Å². The second-order valence-corrected chi connectivity index (χ2v) is 5.24. The molecule has 8 heteroatoms. The van der Waals surface area contributed by atoms with E-state index in [1.165, 1.54) is 7.11 Å². The van der Waals surface area contributed by atoms with Crippen LogP contribution in [0.3, 0.4) is 0 Å². The van der Waals surface area contributed by atoms with E-state index in [4.69, 9.17) is 9.84 Å². The van der Waals surface area contributed by atoms with Crippen LogP contribution in [-0.2, 0) is 9.53 Å². The predicted molar refractivity (Wildman–Crippen MR) is 75.0 cm³/mol. The van der Waals surface area contributed by atoms with Crippen LogP contribution in [0.15, 0.2) is 11.6 Å². The number of carbonyl (C=O) groups is 2. The van der Waals surface area contributed by atoms with Crippen LogP contribution >= 0.6 is 11.3 Å². The summed E-state index contributed by atoms with van der Waals surface area (Å²) in [5.41, 5.74) is 0. The molecule has 2 amide bonds. The average Bonchev–Trinajstić information content (AvgIpc) is 2.94. The third-order valence-electron chi connectivity index (χ3n) is 2.67. The van der Waals surface area contributed by atoms with Crippen LogP contribution in [0.25, 0.3) is 0 Å². The van der Waals surface area contributed by atoms with Gasteiger partial charge in [0, 0.05) is 37.7 Å². The summed E-state index contributed by atoms with van der Waals surface area (Å²) in [5.74, 6) is -0.825. The lowest BCUT2D eigenvalue weighted by Crippen LogP contribution is -2.41. The number of urea groups is 1. The van der Waals surface area contributed by atoms with Gasteiger partial charge >= 0.3 is 12.0 Å². The number of nitrogens with zero attached hydrogens (tertiary/aromatic N) is 1. The normalized spacial score (nSPS) is 13.5. The second-order valence-electron chi connectivity index (χ2n) is 4.32. The molecule has 2 unspecified atom stereocenters. The number of ether oxygens (including phenoxy) is 1. The Morgan fingerprint density at radius 1 is 1.45 bits per heavy atom. The van der Waals surface area contributed by atoms with E-state index in [1.807, 2.05) is 12.3 Å². The van der Waals surface area contributed by atoms with E-state index in [1.54, 1.807) is 17.5 Å². The highest BCUT2D eigenvalue weighted by molar-refractivity contribution is 7.09. The van der Waals surface area contributed by atoms with Crippen molar-refractivity contribution in [3.8, 4) is 0 Å². The summed E-state index contributed by atoms with van der Waals surface area (Å²) >= 11 is 1.54. The molecule has 0 saturated heterocycles. The molecule has 1 heterocycles. The van der Waals surface area contributed by atoms with Gasteiger partial charge in [-0.1, -0.05) is 6.92 Å². The molecule has 0 spiro atoms. The van der Waals surface area contributed by atoms with Crippen molar-refractivity contribution in [2.45, 2.75) is 25.4 Å². The molecule has 0 saturated carbocycles. The Labute approximate surface area is 121 Å². The molecule has 2 atom stereocenters. The minimum absolute atomic E-state index is 0.137. The minimum atomic E-state index is -0.962. The van der Waals surface area contributed by atoms with Crippen LogP contribution in [-0.4, -0.2) is 48.4 Å². The number of methoxy groups -OCH3 is 1. The fourth-order valence-electron chi connectivity index (χ4n) is 1.51. The predicted octanol–water partition coefficient (Wildman–Crippen LogP) is 1.04. The maximum Gasteiger partial charge on any atom is 0.314 e. The molecule has 0 aliphatic carbocycles. The lowest BCUT2D eigenvalue weighted by atomic mass is 10.2. The fourth-order valence-corrected chi connectivity index (χ4v) is 2.21. The highest BCUT2D eigenvalue weighted by Crippen LogP contribution is 2.16. The number of aromatic nitrogens is 1. The second kappa shape index (κ2) is 8.49. The first-order valence-corrected chi connectivity index (χ1v) is 7.06. The van der Waals surface area contributed by atoms with Crippen molar-refractivity contribution in [2.75, 3.05) is 20.2 Å². The van der Waals surface area contributed by atoms with E-state index in [0.29, 0.717) is 6.54 Å². The Hall–Kier alpha value is -1.67. The highest BCUT2D eigenvalue weighted by Gasteiger charge is 2.14. The lowest BCUT2D eigenvalue weighted by molar-refractivity contribution is -0.139. The fraction of sp³-hybridized carbons (Fsp3) is 0.583. The standard InChI is InChI=1S/C12H19N3O4S/c1-8(11-13-3-4-20-11)6-14-12(18)15-7-9(19-2)5-10(16)17/h3-4,8-9H,5-7H2,1-2H3,(H,16,17)(H2,14,15,18). The Morgan fingerprint density at radius 2 is 2.15 bits per heavy atom. The van der Waals surface area contributed by atoms with Gasteiger partial charge in [-0.25, -0.2) is 9.78 Å². The summed E-state index contributed by atoms with van der Waals surface area (Å²) in [4.78, 5) is 26.3. The Balaban J connectivity index is 2.24. The Kier molecular flexibility index (Phi) is 6.96. The lowest BCUT2D eigenvalue weighted by Gasteiger charge is -2.15. The monoisotopic (exact) mass is 301 g/mol. The average molecular weight is 301 g/mol. The number of hydrogen-bond acceptors (Lipinski definition) is 5. The van der Waals surface area contributed by atoms with Crippen LogP contribution in [0, 0.1) is 0 Å². The van der Waals surface area contributed by atoms with Crippen molar-refractivity contribution in [1.82, 2.24) is 15.6 Å². The topological polar surface area (TPSA) is 101 Å². The van der Waals surface area contributed by atoms with Crippen molar-refractivity contribution in [1.29, 1.82) is 0 Å². The van der Waals surface area contributed by atoms with Crippen LogP contribution in [0.5, 0.6) is 0 Å². The van der Waals surface area contributed by atoms with E-state index >= 15 is 0 Å². The molecule has 0 bridgehead atoms. The molecule has 0 aliphatic rings. The van der Waals surface area contributed by atoms with Gasteiger partial charge in [-0.2, -0.15) is 0 Å². The number of carbonyl (C=O) groups excluding carboxylic acids is 1. The molecule has 20 heavy (non-hydrogen) atoms. The summed E-state index contributed by atoms with van der Waals surface area (Å²) in [6.07, 6.45) is 1.05. The SMILES string of the molecule is COC(CNC(=O)NCC(C)c1nccs1)CC(=O)O. The van der Waals surface area contributed by atoms with Gasteiger partial charge in [0.1, 0.15) is 0 Å². The molecule has 1 rings (SSSR count). The molecule has 0 fully saturated rings. The first kappa shape index (κ1) is 16.4. The van der Waals surface area contributed by atoms with E-state index in [0.717, 1.165) is 5.01 Å². The summed E-state index contributed by atoms with van der Waals surface area (Å²) < 4.78 is 4.96. The maximum atomic E-state index is 11.6. The number of rotatable bonds is 8. The van der Waals surface area contributed by atoms with Crippen molar-refractivity contribution in [2.24, 2.45) is 0 Å². The molecule has 1 aromatic heterocycles. The third-order valence-corrected chi connectivity index (χ3v) is 3.67. The smallest absolute Gasteiger partial charge is 0.314 e. The number of aliphatic carboxylic acids is 1. The number of amides is 2. The van der Waals surface area contributed by atoms with Gasteiger partial charge in [0.2, 0.25) is 0 Å². The summed E-state index contributed by atoms with van der Waals surface area (Å²) in [7, 11) is 1.41. The molecule has 3 N–H and O–H groups in total. The molecule has 1 aromatic rings. The first-order valence-electron chi connectivity index (χ1n) is 6.18. The van der Waals surface area contributed by atoms with Gasteiger partial charge in [-0.15, -0.1) is 11.3 Å². The zero-order chi connectivity index (χ0) is 15.0. The number of thiazole rings is 1. The maximum absolute atomic E-state index is 11.6. The third kappa shape index (κ3) is 5.98. The van der Waals surface area contributed by atoms with Crippen LogP contribution in [0.1, 0.15) is 24.3 Å². The zero-order valence-electron chi connectivity index (χ0n) is 11.5. The summed E-state index contributed by atoms with van der Waals surface area (Å²) in [6.45, 7) is 2.59. The largest absolute Gasteiger partial charge is 0.481 e. The van der Waals surface area contributed by atoms with Crippen molar-refractivity contribution in [3.63, 3.8) is 0 Å². The Bertz CT molecular complexity index is 424. The van der Waals surface area contributed by atoms with Gasteiger partial charge in [0.05, 0.1) is 17.5 Å². The number of nitrogens with one attached hydrogen (secondary N) is 2. The number of hydrogen-bond donors (Lipinski definition) is 3. The van der Waals surface area contributed by atoms with Gasteiger partial charge in [-0.3, -0.25) is 4.79 Å². The van der Waals surface area contributed by atoms with E-state index < -0.39 is 12.1 Å². The number of carboxylic acids is 1. The van der Waals surface area contributed by atoms with Gasteiger partial charge < -0.3 is 20.5 Å². The highest BCUT2D eigenvalue weighted by atomic mass is 32.1. The van der Waals surface area contributed by atoms with Crippen molar-refractivity contribution in [3.05, 3.63) is 16.6 Å². The van der Waals surface area contributed by atoms with Gasteiger partial charge in [-0.05, 0) is 0 Å². The molecule has 112 valence electrons. The van der Waals surface area contributed by atoms with E-state index in [9.17, 15) is 9.59 Å². The first-order chi connectivity index (χ1) is 9.52. The zero-order valence-corrected chi connectivity index (χ0v) is 12.3.